The molecule has 0 radical (unpaired) electrons. The Morgan fingerprint density at radius 1 is 1.32 bits per heavy atom. The van der Waals surface area contributed by atoms with Crippen molar-refractivity contribution in [3.8, 4) is 6.07 Å². The largest absolute Gasteiger partial charge is 0.334 e. The number of carbonyl (C=O) groups is 1. The van der Waals surface area contributed by atoms with Crippen molar-refractivity contribution >= 4 is 15.7 Å². The summed E-state index contributed by atoms with van der Waals surface area (Å²) in [6.45, 7) is 3.05. The summed E-state index contributed by atoms with van der Waals surface area (Å²) in [6, 6.07) is 1.58. The van der Waals surface area contributed by atoms with Crippen molar-refractivity contribution in [3.63, 3.8) is 0 Å². The summed E-state index contributed by atoms with van der Waals surface area (Å²) in [6.07, 6.45) is 2.13. The first kappa shape index (κ1) is 17.6. The van der Waals surface area contributed by atoms with Crippen molar-refractivity contribution in [2.24, 2.45) is 0 Å². The first-order valence-electron chi connectivity index (χ1n) is 8.23. The highest BCUT2D eigenvalue weighted by molar-refractivity contribution is 7.91. The first-order chi connectivity index (χ1) is 11.7. The zero-order valence-electron chi connectivity index (χ0n) is 14.2. The average Bonchev–Trinajstić information content (AvgIpc) is 3.29. The molecule has 0 N–H and O–H groups in total. The van der Waals surface area contributed by atoms with Gasteiger partial charge in [0.15, 0.2) is 9.84 Å². The molecule has 9 heteroatoms. The van der Waals surface area contributed by atoms with E-state index in [1.807, 2.05) is 6.07 Å². The van der Waals surface area contributed by atoms with Crippen LogP contribution in [0.2, 0.25) is 0 Å². The lowest BCUT2D eigenvalue weighted by atomic mass is 10.1. The van der Waals surface area contributed by atoms with Crippen molar-refractivity contribution in [2.75, 3.05) is 11.5 Å². The van der Waals surface area contributed by atoms with Crippen LogP contribution < -0.4 is 5.56 Å². The topological polar surface area (TPSA) is 113 Å². The summed E-state index contributed by atoms with van der Waals surface area (Å²) >= 11 is 0. The number of hydrogen-bond donors (Lipinski definition) is 0. The van der Waals surface area contributed by atoms with Crippen LogP contribution in [0.3, 0.4) is 0 Å². The maximum absolute atomic E-state index is 12.8. The minimum atomic E-state index is -3.10. The lowest BCUT2D eigenvalue weighted by Gasteiger charge is -2.28. The van der Waals surface area contributed by atoms with E-state index in [4.69, 9.17) is 5.26 Å². The van der Waals surface area contributed by atoms with Gasteiger partial charge in [-0.1, -0.05) is 0 Å². The van der Waals surface area contributed by atoms with Gasteiger partial charge in [-0.15, -0.1) is 0 Å². The molecule has 0 spiro atoms. The van der Waals surface area contributed by atoms with Crippen LogP contribution in [0, 0.1) is 25.2 Å². The van der Waals surface area contributed by atoms with Gasteiger partial charge in [-0.3, -0.25) is 9.59 Å². The van der Waals surface area contributed by atoms with Crippen molar-refractivity contribution in [1.82, 2.24) is 14.7 Å². The maximum Gasteiger partial charge on any atom is 0.285 e. The highest BCUT2D eigenvalue weighted by atomic mass is 32.2. The van der Waals surface area contributed by atoms with E-state index in [1.165, 1.54) is 0 Å². The highest BCUT2D eigenvalue weighted by Crippen LogP contribution is 2.32. The van der Waals surface area contributed by atoms with Gasteiger partial charge in [0.2, 0.25) is 5.91 Å². The molecule has 0 bridgehead atoms. The lowest BCUT2D eigenvalue weighted by Crippen LogP contribution is -2.46. The molecule has 1 aliphatic carbocycles. The molecule has 0 aromatic carbocycles. The van der Waals surface area contributed by atoms with E-state index in [0.717, 1.165) is 17.5 Å². The van der Waals surface area contributed by atoms with Crippen LogP contribution in [0.4, 0.5) is 0 Å². The van der Waals surface area contributed by atoms with E-state index in [2.05, 4.69) is 5.10 Å². The molecule has 2 fully saturated rings. The van der Waals surface area contributed by atoms with E-state index >= 15 is 0 Å². The Hall–Kier alpha value is -2.21. The van der Waals surface area contributed by atoms with Crippen LogP contribution in [-0.2, 0) is 21.2 Å². The summed E-state index contributed by atoms with van der Waals surface area (Å²) in [5.74, 6) is -0.242. The number of sulfone groups is 1. The Bertz CT molecular complexity index is 925. The number of aryl methyl sites for hydroxylation is 1. The third-order valence-electron chi connectivity index (χ3n) is 4.86. The molecule has 3 rings (SSSR count). The molecular formula is C16H20N4O4S. The molecular weight excluding hydrogens is 344 g/mol. The summed E-state index contributed by atoms with van der Waals surface area (Å²) in [7, 11) is -3.10. The van der Waals surface area contributed by atoms with Crippen molar-refractivity contribution in [2.45, 2.75) is 51.7 Å². The number of carbonyl (C=O) groups excluding carboxylic acids is 1. The molecule has 25 heavy (non-hydrogen) atoms. The Morgan fingerprint density at radius 2 is 2.00 bits per heavy atom. The van der Waals surface area contributed by atoms with Crippen LogP contribution in [0.15, 0.2) is 4.79 Å². The Balaban J connectivity index is 1.87. The summed E-state index contributed by atoms with van der Waals surface area (Å²) in [5, 5.41) is 13.3. The smallest absolute Gasteiger partial charge is 0.285 e. The fraction of sp³-hybridized carbons (Fsp3) is 0.625. The molecule has 8 nitrogen and oxygen atoms in total. The van der Waals surface area contributed by atoms with Crippen molar-refractivity contribution in [1.29, 1.82) is 5.26 Å². The van der Waals surface area contributed by atoms with Crippen LogP contribution in [0.1, 0.15) is 36.1 Å². The molecule has 1 saturated heterocycles. The summed E-state index contributed by atoms with van der Waals surface area (Å²) < 4.78 is 24.5. The van der Waals surface area contributed by atoms with Gasteiger partial charge in [-0.25, -0.2) is 13.1 Å². The van der Waals surface area contributed by atoms with Crippen LogP contribution in [0.5, 0.6) is 0 Å². The summed E-state index contributed by atoms with van der Waals surface area (Å²) in [4.78, 5) is 26.8. The highest BCUT2D eigenvalue weighted by Gasteiger charge is 2.42. The normalized spacial score (nSPS) is 21.7. The number of aromatic nitrogens is 2. The van der Waals surface area contributed by atoms with Gasteiger partial charge in [0.1, 0.15) is 18.2 Å². The minimum Gasteiger partial charge on any atom is -0.334 e. The van der Waals surface area contributed by atoms with Crippen molar-refractivity contribution in [3.05, 3.63) is 27.2 Å². The minimum absolute atomic E-state index is 0.0123. The van der Waals surface area contributed by atoms with E-state index in [-0.39, 0.29) is 41.6 Å². The van der Waals surface area contributed by atoms with Gasteiger partial charge in [-0.2, -0.15) is 10.4 Å². The average molecular weight is 364 g/mol. The molecule has 2 heterocycles. The number of nitrogens with zero attached hydrogens (tertiary/aromatic N) is 4. The zero-order chi connectivity index (χ0) is 18.4. The van der Waals surface area contributed by atoms with Gasteiger partial charge in [0.05, 0.1) is 17.2 Å². The predicted molar refractivity (Wildman–Crippen MR) is 89.6 cm³/mol. The lowest BCUT2D eigenvalue weighted by molar-refractivity contribution is -0.134. The molecule has 1 atom stereocenters. The second-order valence-corrected chi connectivity index (χ2v) is 8.98. The maximum atomic E-state index is 12.8. The quantitative estimate of drug-likeness (QED) is 0.738. The van der Waals surface area contributed by atoms with E-state index in [0.29, 0.717) is 17.7 Å². The van der Waals surface area contributed by atoms with E-state index in [1.54, 1.807) is 18.7 Å². The Kier molecular flexibility index (Phi) is 4.41. The molecule has 0 unspecified atom stereocenters. The SMILES string of the molecule is Cc1nn(CC(=O)N(C2CC2)[C@H]2CCS(=O)(=O)C2)c(=O)c(C#N)c1C. The van der Waals surface area contributed by atoms with E-state index in [9.17, 15) is 18.0 Å². The molecule has 1 aliphatic heterocycles. The van der Waals surface area contributed by atoms with Crippen molar-refractivity contribution < 1.29 is 13.2 Å². The number of hydrogen-bond acceptors (Lipinski definition) is 6. The fourth-order valence-corrected chi connectivity index (χ4v) is 4.98. The van der Waals surface area contributed by atoms with Gasteiger partial charge in [-0.05, 0) is 38.7 Å². The van der Waals surface area contributed by atoms with Crippen LogP contribution in [0.25, 0.3) is 0 Å². The van der Waals surface area contributed by atoms with Gasteiger partial charge >= 0.3 is 0 Å². The molecule has 134 valence electrons. The summed E-state index contributed by atoms with van der Waals surface area (Å²) in [5.41, 5.74) is 0.429. The third kappa shape index (κ3) is 3.44. The Morgan fingerprint density at radius 3 is 2.52 bits per heavy atom. The number of rotatable bonds is 4. The number of nitriles is 1. The number of amides is 1. The second-order valence-electron chi connectivity index (χ2n) is 6.75. The molecule has 1 aromatic rings. The fourth-order valence-electron chi connectivity index (χ4n) is 3.27. The molecule has 2 aliphatic rings. The van der Waals surface area contributed by atoms with Gasteiger partial charge in [0.25, 0.3) is 5.56 Å². The Labute approximate surface area is 146 Å². The molecule has 1 amide bonds. The second kappa shape index (κ2) is 6.26. The third-order valence-corrected chi connectivity index (χ3v) is 6.61. The monoisotopic (exact) mass is 364 g/mol. The molecule has 1 aromatic heterocycles. The standard InChI is InChI=1S/C16H20N4O4S/c1-10-11(2)18-19(16(22)14(10)7-17)8-15(21)20(12-3-4-12)13-5-6-25(23,24)9-13/h12-13H,3-6,8-9H2,1-2H3/t13-/m0/s1. The van der Waals surface area contributed by atoms with Gasteiger partial charge in [0, 0.05) is 12.1 Å². The van der Waals surface area contributed by atoms with Crippen LogP contribution >= 0.6 is 0 Å². The zero-order valence-corrected chi connectivity index (χ0v) is 15.0. The van der Waals surface area contributed by atoms with E-state index < -0.39 is 15.4 Å². The predicted octanol–water partition coefficient (Wildman–Crippen LogP) is -0.0901. The van der Waals surface area contributed by atoms with Gasteiger partial charge < -0.3 is 4.90 Å². The van der Waals surface area contributed by atoms with Crippen LogP contribution in [-0.4, -0.2) is 52.6 Å². The first-order valence-corrected chi connectivity index (χ1v) is 10.1. The molecule has 1 saturated carbocycles.